The van der Waals surface area contributed by atoms with Gasteiger partial charge in [0.25, 0.3) is 0 Å². The van der Waals surface area contributed by atoms with Gasteiger partial charge >= 0.3 is 0 Å². The fourth-order valence-electron chi connectivity index (χ4n) is 1.98. The molecule has 1 fully saturated rings. The Balaban J connectivity index is 2.13. The fourth-order valence-corrected chi connectivity index (χ4v) is 1.98. The number of ether oxygens (including phenoxy) is 1. The number of piperidine rings is 1. The molecule has 0 spiro atoms. The molecule has 1 atom stereocenters. The molecule has 0 aliphatic carbocycles. The number of hydrogen-bond acceptors (Lipinski definition) is 3. The van der Waals surface area contributed by atoms with Gasteiger partial charge in [0, 0.05) is 18.3 Å². The van der Waals surface area contributed by atoms with Gasteiger partial charge in [-0.1, -0.05) is 0 Å². The van der Waals surface area contributed by atoms with Gasteiger partial charge in [-0.2, -0.15) is 0 Å². The van der Waals surface area contributed by atoms with Crippen molar-refractivity contribution in [2.75, 3.05) is 18.8 Å². The Morgan fingerprint density at radius 2 is 2.31 bits per heavy atom. The number of benzene rings is 1. The summed E-state index contributed by atoms with van der Waals surface area (Å²) >= 11 is 0. The number of rotatable bonds is 2. The normalized spacial score (nSPS) is 25.4. The van der Waals surface area contributed by atoms with Gasteiger partial charge in [-0.05, 0) is 38.4 Å². The van der Waals surface area contributed by atoms with Crippen LogP contribution in [-0.4, -0.2) is 18.7 Å². The highest BCUT2D eigenvalue weighted by Crippen LogP contribution is 2.27. The fraction of sp³-hybridized carbons (Fsp3) is 0.500. The Hall–Kier alpha value is -1.29. The van der Waals surface area contributed by atoms with Crippen molar-refractivity contribution in [1.82, 2.24) is 5.32 Å². The Kier molecular flexibility index (Phi) is 3.01. The first-order valence-electron chi connectivity index (χ1n) is 5.54. The molecule has 1 saturated heterocycles. The molecule has 0 amide bonds. The van der Waals surface area contributed by atoms with E-state index >= 15 is 0 Å². The summed E-state index contributed by atoms with van der Waals surface area (Å²) < 4.78 is 19.3. The SMILES string of the molecule is CC1(Oc2ccc(N)cc2F)CCCNC1. The summed E-state index contributed by atoms with van der Waals surface area (Å²) in [5.74, 6) is -0.118. The molecule has 1 unspecified atom stereocenters. The summed E-state index contributed by atoms with van der Waals surface area (Å²) in [5, 5.41) is 3.25. The minimum Gasteiger partial charge on any atom is -0.483 e. The molecule has 16 heavy (non-hydrogen) atoms. The largest absolute Gasteiger partial charge is 0.483 e. The first-order valence-corrected chi connectivity index (χ1v) is 5.54. The summed E-state index contributed by atoms with van der Waals surface area (Å²) in [5.41, 5.74) is 5.58. The maximum atomic E-state index is 13.6. The molecule has 88 valence electrons. The molecule has 0 radical (unpaired) electrons. The molecule has 1 aromatic carbocycles. The second-order valence-electron chi connectivity index (χ2n) is 4.52. The number of halogens is 1. The van der Waals surface area contributed by atoms with E-state index in [1.165, 1.54) is 6.07 Å². The van der Waals surface area contributed by atoms with Crippen LogP contribution in [0.1, 0.15) is 19.8 Å². The molecule has 2 rings (SSSR count). The quantitative estimate of drug-likeness (QED) is 0.755. The molecule has 4 heteroatoms. The zero-order chi connectivity index (χ0) is 11.6. The van der Waals surface area contributed by atoms with Crippen LogP contribution in [-0.2, 0) is 0 Å². The summed E-state index contributed by atoms with van der Waals surface area (Å²) in [7, 11) is 0. The topological polar surface area (TPSA) is 47.3 Å². The number of anilines is 1. The van der Waals surface area contributed by atoms with Crippen molar-refractivity contribution in [3.63, 3.8) is 0 Å². The van der Waals surface area contributed by atoms with E-state index in [0.717, 1.165) is 25.9 Å². The van der Waals surface area contributed by atoms with E-state index in [4.69, 9.17) is 10.5 Å². The summed E-state index contributed by atoms with van der Waals surface area (Å²) in [6.07, 6.45) is 1.98. The van der Waals surface area contributed by atoms with Crippen molar-refractivity contribution in [1.29, 1.82) is 0 Å². The molecule has 1 heterocycles. The van der Waals surface area contributed by atoms with E-state index in [0.29, 0.717) is 5.69 Å². The predicted octanol–water partition coefficient (Wildman–Crippen LogP) is 1.93. The van der Waals surface area contributed by atoms with Crippen molar-refractivity contribution >= 4 is 5.69 Å². The molecule has 0 aromatic heterocycles. The van der Waals surface area contributed by atoms with Crippen molar-refractivity contribution in [3.05, 3.63) is 24.0 Å². The van der Waals surface area contributed by atoms with Gasteiger partial charge < -0.3 is 15.8 Å². The van der Waals surface area contributed by atoms with Crippen LogP contribution in [0.15, 0.2) is 18.2 Å². The first-order chi connectivity index (χ1) is 7.59. The van der Waals surface area contributed by atoms with Gasteiger partial charge in [-0.15, -0.1) is 0 Å². The summed E-state index contributed by atoms with van der Waals surface area (Å²) in [4.78, 5) is 0. The highest BCUT2D eigenvalue weighted by molar-refractivity contribution is 5.43. The van der Waals surface area contributed by atoms with E-state index in [9.17, 15) is 4.39 Å². The Morgan fingerprint density at radius 3 is 2.94 bits per heavy atom. The van der Waals surface area contributed by atoms with Crippen LogP contribution in [0.25, 0.3) is 0 Å². The smallest absolute Gasteiger partial charge is 0.167 e. The second kappa shape index (κ2) is 4.29. The Bertz CT molecular complexity index is 375. The van der Waals surface area contributed by atoms with Gasteiger partial charge in [0.05, 0.1) is 0 Å². The van der Waals surface area contributed by atoms with Gasteiger partial charge in [0.1, 0.15) is 5.60 Å². The van der Waals surface area contributed by atoms with Gasteiger partial charge in [-0.3, -0.25) is 0 Å². The Morgan fingerprint density at radius 1 is 1.50 bits per heavy atom. The van der Waals surface area contributed by atoms with E-state index in [-0.39, 0.29) is 11.4 Å². The van der Waals surface area contributed by atoms with Crippen LogP contribution in [0.3, 0.4) is 0 Å². The third-order valence-electron chi connectivity index (χ3n) is 2.87. The summed E-state index contributed by atoms with van der Waals surface area (Å²) in [6, 6.07) is 4.53. The maximum absolute atomic E-state index is 13.6. The predicted molar refractivity (Wildman–Crippen MR) is 61.9 cm³/mol. The first kappa shape index (κ1) is 11.2. The molecule has 0 bridgehead atoms. The highest BCUT2D eigenvalue weighted by atomic mass is 19.1. The molecule has 3 N–H and O–H groups in total. The zero-order valence-electron chi connectivity index (χ0n) is 9.42. The minimum atomic E-state index is -0.396. The van der Waals surface area contributed by atoms with Crippen molar-refractivity contribution in [2.24, 2.45) is 0 Å². The van der Waals surface area contributed by atoms with Crippen LogP contribution in [0.5, 0.6) is 5.75 Å². The van der Waals surface area contributed by atoms with Crippen LogP contribution < -0.4 is 15.8 Å². The number of hydrogen-bond donors (Lipinski definition) is 2. The van der Waals surface area contributed by atoms with Gasteiger partial charge in [0.15, 0.2) is 11.6 Å². The standard InChI is InChI=1S/C12H17FN2O/c1-12(5-2-6-15-8-12)16-11-4-3-9(14)7-10(11)13/h3-4,7,15H,2,5-6,8,14H2,1H3. The lowest BCUT2D eigenvalue weighted by Crippen LogP contribution is -2.47. The Labute approximate surface area is 94.8 Å². The van der Waals surface area contributed by atoms with E-state index in [1.807, 2.05) is 6.92 Å². The number of nitrogen functional groups attached to an aromatic ring is 1. The lowest BCUT2D eigenvalue weighted by Gasteiger charge is -2.34. The second-order valence-corrected chi connectivity index (χ2v) is 4.52. The lowest BCUT2D eigenvalue weighted by molar-refractivity contribution is 0.0573. The molecule has 3 nitrogen and oxygen atoms in total. The van der Waals surface area contributed by atoms with Crippen LogP contribution in [0.4, 0.5) is 10.1 Å². The average molecular weight is 224 g/mol. The van der Waals surface area contributed by atoms with E-state index < -0.39 is 5.82 Å². The monoisotopic (exact) mass is 224 g/mol. The van der Waals surface area contributed by atoms with E-state index in [2.05, 4.69) is 5.32 Å². The zero-order valence-corrected chi connectivity index (χ0v) is 9.42. The lowest BCUT2D eigenvalue weighted by atomic mass is 9.96. The molecular formula is C12H17FN2O. The maximum Gasteiger partial charge on any atom is 0.167 e. The molecular weight excluding hydrogens is 207 g/mol. The highest BCUT2D eigenvalue weighted by Gasteiger charge is 2.29. The van der Waals surface area contributed by atoms with Gasteiger partial charge in [0.2, 0.25) is 0 Å². The van der Waals surface area contributed by atoms with Crippen molar-refractivity contribution < 1.29 is 9.13 Å². The third-order valence-corrected chi connectivity index (χ3v) is 2.87. The van der Waals surface area contributed by atoms with Crippen LogP contribution >= 0.6 is 0 Å². The van der Waals surface area contributed by atoms with Crippen LogP contribution in [0.2, 0.25) is 0 Å². The van der Waals surface area contributed by atoms with Crippen molar-refractivity contribution in [2.45, 2.75) is 25.4 Å². The van der Waals surface area contributed by atoms with E-state index in [1.54, 1.807) is 12.1 Å². The molecule has 1 aliphatic rings. The molecule has 0 saturated carbocycles. The summed E-state index contributed by atoms with van der Waals surface area (Å²) in [6.45, 7) is 3.74. The molecule has 1 aromatic rings. The molecule has 1 aliphatic heterocycles. The number of nitrogens with one attached hydrogen (secondary N) is 1. The van der Waals surface area contributed by atoms with Crippen molar-refractivity contribution in [3.8, 4) is 5.75 Å². The van der Waals surface area contributed by atoms with Crippen LogP contribution in [0, 0.1) is 5.82 Å². The number of nitrogens with two attached hydrogens (primary N) is 1. The minimum absolute atomic E-state index is 0.278. The van der Waals surface area contributed by atoms with Gasteiger partial charge in [-0.25, -0.2) is 4.39 Å². The average Bonchev–Trinajstić information content (AvgIpc) is 2.23. The third kappa shape index (κ3) is 2.44.